The molecule has 1 aromatic carbocycles. The zero-order valence-corrected chi connectivity index (χ0v) is 15.7. The van der Waals surface area contributed by atoms with Crippen LogP contribution in [0.25, 0.3) is 16.2 Å². The maximum absolute atomic E-state index is 4.90. The highest BCUT2D eigenvalue weighted by molar-refractivity contribution is 7.15. The smallest absolute Gasteiger partial charge is 0.225 e. The largest absolute Gasteiger partial charge is 0.338 e. The van der Waals surface area contributed by atoms with Crippen molar-refractivity contribution in [2.24, 2.45) is 0 Å². The van der Waals surface area contributed by atoms with Crippen LogP contribution in [0.15, 0.2) is 60.4 Å². The van der Waals surface area contributed by atoms with E-state index in [9.17, 15) is 0 Å². The van der Waals surface area contributed by atoms with Crippen LogP contribution in [-0.4, -0.2) is 50.4 Å². The summed E-state index contributed by atoms with van der Waals surface area (Å²) in [7, 11) is 0. The molecule has 0 bridgehead atoms. The summed E-state index contributed by atoms with van der Waals surface area (Å²) in [4.78, 5) is 19.4. The summed E-state index contributed by atoms with van der Waals surface area (Å²) in [6.45, 7) is 4.76. The van der Waals surface area contributed by atoms with Crippen LogP contribution in [0.2, 0.25) is 0 Å². The quantitative estimate of drug-likeness (QED) is 0.548. The van der Waals surface area contributed by atoms with Crippen molar-refractivity contribution < 1.29 is 0 Å². The molecule has 0 N–H and O–H groups in total. The van der Waals surface area contributed by atoms with Gasteiger partial charge in [0.1, 0.15) is 0 Å². The van der Waals surface area contributed by atoms with E-state index in [0.717, 1.165) is 49.3 Å². The lowest BCUT2D eigenvalue weighted by Gasteiger charge is -2.34. The predicted octanol–water partition coefficient (Wildman–Crippen LogP) is 3.18. The van der Waals surface area contributed by atoms with Crippen LogP contribution in [-0.2, 0) is 6.54 Å². The monoisotopic (exact) mass is 376 g/mol. The Kier molecular flexibility index (Phi) is 4.31. The van der Waals surface area contributed by atoms with Gasteiger partial charge in [-0.15, -0.1) is 11.3 Å². The molecule has 136 valence electrons. The van der Waals surface area contributed by atoms with Crippen LogP contribution in [0.5, 0.6) is 0 Å². The second kappa shape index (κ2) is 7.09. The molecule has 1 saturated heterocycles. The van der Waals surface area contributed by atoms with Gasteiger partial charge in [0, 0.05) is 62.3 Å². The lowest BCUT2D eigenvalue weighted by molar-refractivity contribution is 0.246. The van der Waals surface area contributed by atoms with Gasteiger partial charge < -0.3 is 4.90 Å². The first-order chi connectivity index (χ1) is 13.4. The van der Waals surface area contributed by atoms with Gasteiger partial charge in [-0.1, -0.05) is 30.3 Å². The molecule has 4 aromatic rings. The SMILES string of the molecule is c1ccc(-c2nc3sccn3c2CN2CCN(c3ncccn3)CC2)cc1. The van der Waals surface area contributed by atoms with Gasteiger partial charge in [0.15, 0.2) is 4.96 Å². The van der Waals surface area contributed by atoms with Crippen molar-refractivity contribution in [3.05, 3.63) is 66.1 Å². The van der Waals surface area contributed by atoms with E-state index >= 15 is 0 Å². The van der Waals surface area contributed by atoms with Gasteiger partial charge in [0.2, 0.25) is 5.95 Å². The van der Waals surface area contributed by atoms with Crippen LogP contribution in [0.3, 0.4) is 0 Å². The molecule has 7 heteroatoms. The third-order valence-corrected chi connectivity index (χ3v) is 5.75. The molecule has 0 saturated carbocycles. The van der Waals surface area contributed by atoms with E-state index in [-0.39, 0.29) is 0 Å². The van der Waals surface area contributed by atoms with E-state index in [4.69, 9.17) is 4.98 Å². The Bertz CT molecular complexity index is 1020. The average Bonchev–Trinajstić information content (AvgIpc) is 3.33. The van der Waals surface area contributed by atoms with Gasteiger partial charge in [-0.05, 0) is 6.07 Å². The van der Waals surface area contributed by atoms with E-state index in [0.29, 0.717) is 0 Å². The summed E-state index contributed by atoms with van der Waals surface area (Å²) in [5, 5.41) is 2.10. The summed E-state index contributed by atoms with van der Waals surface area (Å²) in [6, 6.07) is 12.3. The third-order valence-electron chi connectivity index (χ3n) is 4.99. The molecule has 3 aromatic heterocycles. The number of rotatable bonds is 4. The number of imidazole rings is 1. The molecule has 6 nitrogen and oxygen atoms in total. The molecule has 4 heterocycles. The minimum absolute atomic E-state index is 0.826. The van der Waals surface area contributed by atoms with Crippen molar-refractivity contribution in [1.29, 1.82) is 0 Å². The first-order valence-electron chi connectivity index (χ1n) is 9.13. The maximum atomic E-state index is 4.90. The van der Waals surface area contributed by atoms with Crippen LogP contribution < -0.4 is 4.90 Å². The number of hydrogen-bond donors (Lipinski definition) is 0. The number of anilines is 1. The molecular weight excluding hydrogens is 356 g/mol. The van der Waals surface area contributed by atoms with Crippen molar-refractivity contribution in [2.75, 3.05) is 31.1 Å². The Labute approximate surface area is 161 Å². The molecular formula is C20H20N6S. The topological polar surface area (TPSA) is 49.6 Å². The molecule has 0 aliphatic carbocycles. The van der Waals surface area contributed by atoms with Crippen LogP contribution in [0.4, 0.5) is 5.95 Å². The molecule has 5 rings (SSSR count). The molecule has 0 amide bonds. The van der Waals surface area contributed by atoms with E-state index in [2.05, 4.69) is 60.0 Å². The highest BCUT2D eigenvalue weighted by Gasteiger charge is 2.22. The average molecular weight is 376 g/mol. The highest BCUT2D eigenvalue weighted by atomic mass is 32.1. The Morgan fingerprint density at radius 1 is 0.926 bits per heavy atom. The van der Waals surface area contributed by atoms with Gasteiger partial charge in [-0.3, -0.25) is 9.30 Å². The minimum atomic E-state index is 0.826. The van der Waals surface area contributed by atoms with Crippen LogP contribution in [0.1, 0.15) is 5.69 Å². The number of benzene rings is 1. The number of hydrogen-bond acceptors (Lipinski definition) is 6. The Morgan fingerprint density at radius 3 is 2.48 bits per heavy atom. The van der Waals surface area contributed by atoms with E-state index in [1.54, 1.807) is 23.7 Å². The van der Waals surface area contributed by atoms with Crippen molar-refractivity contribution in [2.45, 2.75) is 6.54 Å². The second-order valence-electron chi connectivity index (χ2n) is 6.64. The highest BCUT2D eigenvalue weighted by Crippen LogP contribution is 2.28. The second-order valence-corrected chi connectivity index (χ2v) is 7.51. The number of nitrogens with zero attached hydrogens (tertiary/aromatic N) is 6. The number of thiazole rings is 1. The lowest BCUT2D eigenvalue weighted by Crippen LogP contribution is -2.46. The van der Waals surface area contributed by atoms with Crippen molar-refractivity contribution >= 4 is 22.2 Å². The standard InChI is InChI=1S/C20H20N6S/c1-2-5-16(6-3-1)18-17(26-13-14-27-20(26)23-18)15-24-9-11-25(12-10-24)19-21-7-4-8-22-19/h1-8,13-14H,9-12,15H2. The van der Waals surface area contributed by atoms with Crippen molar-refractivity contribution in [3.8, 4) is 11.3 Å². The number of fused-ring (bicyclic) bond motifs is 1. The Balaban J connectivity index is 1.37. The summed E-state index contributed by atoms with van der Waals surface area (Å²) in [6.07, 6.45) is 5.74. The minimum Gasteiger partial charge on any atom is -0.338 e. The van der Waals surface area contributed by atoms with Crippen LogP contribution >= 0.6 is 11.3 Å². The first-order valence-corrected chi connectivity index (χ1v) is 10.0. The number of piperazine rings is 1. The zero-order valence-electron chi connectivity index (χ0n) is 14.9. The lowest BCUT2D eigenvalue weighted by atomic mass is 10.1. The Morgan fingerprint density at radius 2 is 1.70 bits per heavy atom. The molecule has 1 fully saturated rings. The van der Waals surface area contributed by atoms with E-state index in [1.807, 2.05) is 12.1 Å². The Hall–Kier alpha value is -2.77. The fourth-order valence-electron chi connectivity index (χ4n) is 3.58. The molecule has 0 atom stereocenters. The molecule has 1 aliphatic heterocycles. The predicted molar refractivity (Wildman–Crippen MR) is 108 cm³/mol. The molecule has 0 radical (unpaired) electrons. The van der Waals surface area contributed by atoms with E-state index in [1.165, 1.54) is 11.3 Å². The summed E-state index contributed by atoms with van der Waals surface area (Å²) in [5.41, 5.74) is 3.54. The summed E-state index contributed by atoms with van der Waals surface area (Å²) in [5.74, 6) is 0.826. The molecule has 1 aliphatic rings. The summed E-state index contributed by atoms with van der Waals surface area (Å²) < 4.78 is 2.24. The van der Waals surface area contributed by atoms with Gasteiger partial charge in [0.05, 0.1) is 11.4 Å². The molecule has 0 spiro atoms. The van der Waals surface area contributed by atoms with E-state index < -0.39 is 0 Å². The van der Waals surface area contributed by atoms with Gasteiger partial charge in [-0.25, -0.2) is 15.0 Å². The molecule has 27 heavy (non-hydrogen) atoms. The molecule has 0 unspecified atom stereocenters. The zero-order chi connectivity index (χ0) is 18.1. The van der Waals surface area contributed by atoms with Gasteiger partial charge >= 0.3 is 0 Å². The van der Waals surface area contributed by atoms with Crippen molar-refractivity contribution in [3.63, 3.8) is 0 Å². The van der Waals surface area contributed by atoms with Crippen LogP contribution in [0, 0.1) is 0 Å². The third kappa shape index (κ3) is 3.20. The number of aromatic nitrogens is 4. The fraction of sp³-hybridized carbons (Fsp3) is 0.250. The van der Waals surface area contributed by atoms with Gasteiger partial charge in [-0.2, -0.15) is 0 Å². The van der Waals surface area contributed by atoms with Gasteiger partial charge in [0.25, 0.3) is 0 Å². The summed E-state index contributed by atoms with van der Waals surface area (Å²) >= 11 is 1.69. The maximum Gasteiger partial charge on any atom is 0.225 e. The van der Waals surface area contributed by atoms with Crippen molar-refractivity contribution in [1.82, 2.24) is 24.3 Å². The first kappa shape index (κ1) is 16.4. The normalized spacial score (nSPS) is 15.5. The fourth-order valence-corrected chi connectivity index (χ4v) is 4.32.